The van der Waals surface area contributed by atoms with Crippen molar-refractivity contribution in [3.05, 3.63) is 83.9 Å². The van der Waals surface area contributed by atoms with Gasteiger partial charge >= 0.3 is 0 Å². The molecule has 2 nitrogen and oxygen atoms in total. The monoisotopic (exact) mass is 568 g/mol. The van der Waals surface area contributed by atoms with E-state index in [1.807, 2.05) is 23.5 Å². The molecule has 0 aliphatic heterocycles. The lowest BCUT2D eigenvalue weighted by molar-refractivity contribution is 0.412. The molecular formula is C31H36O2S4. The highest BCUT2D eigenvalue weighted by molar-refractivity contribution is 8.03. The molecular weight excluding hydrogens is 533 g/mol. The van der Waals surface area contributed by atoms with Gasteiger partial charge in [0.25, 0.3) is 0 Å². The Morgan fingerprint density at radius 3 is 1.27 bits per heavy atom. The summed E-state index contributed by atoms with van der Waals surface area (Å²) in [5.41, 5.74) is 2.59. The van der Waals surface area contributed by atoms with Crippen LogP contribution in [0.3, 0.4) is 0 Å². The second kappa shape index (κ2) is 15.7. The third kappa shape index (κ3) is 8.71. The van der Waals surface area contributed by atoms with Crippen LogP contribution in [0.5, 0.6) is 11.5 Å². The fraction of sp³-hybridized carbons (Fsp3) is 0.355. The molecule has 0 bridgehead atoms. The third-order valence-electron chi connectivity index (χ3n) is 6.13. The molecule has 0 unspecified atom stereocenters. The highest BCUT2D eigenvalue weighted by Crippen LogP contribution is 2.30. The van der Waals surface area contributed by atoms with E-state index in [2.05, 4.69) is 96.3 Å². The van der Waals surface area contributed by atoms with Crippen LogP contribution < -0.4 is 9.47 Å². The molecule has 0 aromatic heterocycles. The van der Waals surface area contributed by atoms with Crippen LogP contribution in [0.1, 0.15) is 17.5 Å². The van der Waals surface area contributed by atoms with E-state index in [1.54, 1.807) is 14.2 Å². The van der Waals surface area contributed by atoms with Gasteiger partial charge in [0.2, 0.25) is 0 Å². The second-order valence-electron chi connectivity index (χ2n) is 8.71. The normalized spacial score (nSPS) is 11.3. The van der Waals surface area contributed by atoms with Gasteiger partial charge in [-0.25, -0.2) is 0 Å². The van der Waals surface area contributed by atoms with Gasteiger partial charge in [-0.15, -0.1) is 0 Å². The van der Waals surface area contributed by atoms with Crippen molar-refractivity contribution < 1.29 is 9.47 Å². The molecule has 0 aliphatic carbocycles. The van der Waals surface area contributed by atoms with Gasteiger partial charge < -0.3 is 9.47 Å². The molecule has 0 fully saturated rings. The minimum absolute atomic E-state index is 1.01. The minimum atomic E-state index is 1.01. The van der Waals surface area contributed by atoms with E-state index in [0.29, 0.717) is 0 Å². The fourth-order valence-electron chi connectivity index (χ4n) is 4.21. The standard InChI is InChI=1S/C31H36O2S4/c1-32-30-20-26-10-5-3-8-24(26)18-28(30)22-36-16-14-34-12-7-13-35-15-17-37-23-29-19-25-9-4-6-11-27(25)21-31(29)33-2/h3-6,8-11,18-21H,7,12-17,22-23H2,1-2H3. The molecule has 37 heavy (non-hydrogen) atoms. The Balaban J connectivity index is 1.03. The van der Waals surface area contributed by atoms with Crippen molar-refractivity contribution in [2.45, 2.75) is 17.9 Å². The van der Waals surface area contributed by atoms with Crippen molar-refractivity contribution in [1.29, 1.82) is 0 Å². The largest absolute Gasteiger partial charge is 0.496 e. The van der Waals surface area contributed by atoms with Gasteiger partial charge in [-0.1, -0.05) is 48.5 Å². The van der Waals surface area contributed by atoms with Gasteiger partial charge in [0.15, 0.2) is 0 Å². The summed E-state index contributed by atoms with van der Waals surface area (Å²) in [6.07, 6.45) is 1.29. The van der Waals surface area contributed by atoms with E-state index in [4.69, 9.17) is 9.47 Å². The first-order valence-corrected chi connectivity index (χ1v) is 17.3. The molecule has 4 rings (SSSR count). The number of thioether (sulfide) groups is 4. The van der Waals surface area contributed by atoms with Crippen LogP contribution in [0.25, 0.3) is 21.5 Å². The predicted molar refractivity (Wildman–Crippen MR) is 173 cm³/mol. The van der Waals surface area contributed by atoms with Crippen molar-refractivity contribution in [2.75, 3.05) is 48.7 Å². The molecule has 4 aromatic carbocycles. The van der Waals surface area contributed by atoms with E-state index < -0.39 is 0 Å². The molecule has 6 heteroatoms. The molecule has 0 heterocycles. The lowest BCUT2D eigenvalue weighted by Gasteiger charge is -2.11. The fourth-order valence-corrected chi connectivity index (χ4v) is 8.56. The molecule has 0 atom stereocenters. The Morgan fingerprint density at radius 1 is 0.486 bits per heavy atom. The van der Waals surface area contributed by atoms with E-state index >= 15 is 0 Å². The van der Waals surface area contributed by atoms with Crippen LogP contribution in [0, 0.1) is 0 Å². The molecule has 0 radical (unpaired) electrons. The lowest BCUT2D eigenvalue weighted by Crippen LogP contribution is -1.94. The van der Waals surface area contributed by atoms with Crippen molar-refractivity contribution in [1.82, 2.24) is 0 Å². The van der Waals surface area contributed by atoms with Gasteiger partial charge in [-0.2, -0.15) is 47.0 Å². The average Bonchev–Trinajstić information content (AvgIpc) is 2.94. The third-order valence-corrected chi connectivity index (χ3v) is 10.8. The number of hydrogen-bond donors (Lipinski definition) is 0. The number of hydrogen-bond acceptors (Lipinski definition) is 6. The molecule has 0 saturated heterocycles. The Hall–Kier alpha value is -1.60. The van der Waals surface area contributed by atoms with Crippen LogP contribution >= 0.6 is 47.0 Å². The zero-order chi connectivity index (χ0) is 25.7. The second-order valence-corrected chi connectivity index (χ2v) is 13.4. The Bertz CT molecular complexity index is 1160. The average molecular weight is 569 g/mol. The van der Waals surface area contributed by atoms with Crippen LogP contribution in [-0.2, 0) is 11.5 Å². The Morgan fingerprint density at radius 2 is 0.865 bits per heavy atom. The van der Waals surface area contributed by atoms with E-state index in [-0.39, 0.29) is 0 Å². The van der Waals surface area contributed by atoms with Crippen molar-refractivity contribution >= 4 is 68.6 Å². The quantitative estimate of drug-likeness (QED) is 0.125. The first kappa shape index (κ1) is 28.4. The molecule has 0 spiro atoms. The zero-order valence-corrected chi connectivity index (χ0v) is 25.0. The number of methoxy groups -OCH3 is 2. The molecule has 196 valence electrons. The first-order chi connectivity index (χ1) is 18.3. The smallest absolute Gasteiger partial charge is 0.123 e. The molecule has 0 amide bonds. The maximum Gasteiger partial charge on any atom is 0.123 e. The molecule has 4 aromatic rings. The van der Waals surface area contributed by atoms with Gasteiger partial charge in [0.05, 0.1) is 14.2 Å². The van der Waals surface area contributed by atoms with Crippen molar-refractivity contribution in [2.24, 2.45) is 0 Å². The summed E-state index contributed by atoms with van der Waals surface area (Å²) in [7, 11) is 3.54. The van der Waals surface area contributed by atoms with E-state index in [0.717, 1.165) is 23.0 Å². The van der Waals surface area contributed by atoms with Crippen LogP contribution in [0.4, 0.5) is 0 Å². The number of fused-ring (bicyclic) bond motifs is 2. The van der Waals surface area contributed by atoms with Crippen LogP contribution in [0.15, 0.2) is 72.8 Å². The van der Waals surface area contributed by atoms with Crippen molar-refractivity contribution in [3.63, 3.8) is 0 Å². The number of ether oxygens (including phenoxy) is 2. The summed E-state index contributed by atoms with van der Waals surface area (Å²) < 4.78 is 11.3. The number of rotatable bonds is 16. The minimum Gasteiger partial charge on any atom is -0.496 e. The predicted octanol–water partition coefficient (Wildman–Crippen LogP) is 9.03. The van der Waals surface area contributed by atoms with E-state index in [9.17, 15) is 0 Å². The van der Waals surface area contributed by atoms with Crippen LogP contribution in [-0.4, -0.2) is 48.7 Å². The SMILES string of the molecule is COc1cc2ccccc2cc1CSCCSCCCSCCSCc1cc2ccccc2cc1OC. The summed E-state index contributed by atoms with van der Waals surface area (Å²) in [6.45, 7) is 0. The summed E-state index contributed by atoms with van der Waals surface area (Å²) in [6, 6.07) is 25.9. The van der Waals surface area contributed by atoms with E-state index in [1.165, 1.54) is 73.6 Å². The summed E-state index contributed by atoms with van der Waals surface area (Å²) in [4.78, 5) is 0. The Labute approximate surface area is 239 Å². The molecule has 0 saturated carbocycles. The highest BCUT2D eigenvalue weighted by Gasteiger charge is 2.07. The van der Waals surface area contributed by atoms with Crippen LogP contribution in [0.2, 0.25) is 0 Å². The van der Waals surface area contributed by atoms with Crippen molar-refractivity contribution in [3.8, 4) is 11.5 Å². The topological polar surface area (TPSA) is 18.5 Å². The maximum atomic E-state index is 5.63. The number of benzene rings is 4. The van der Waals surface area contributed by atoms with Gasteiger partial charge in [-0.3, -0.25) is 0 Å². The Kier molecular flexibility index (Phi) is 12.1. The summed E-state index contributed by atoms with van der Waals surface area (Å²) in [5, 5.41) is 5.06. The maximum absolute atomic E-state index is 5.63. The van der Waals surface area contributed by atoms with Gasteiger partial charge in [-0.05, 0) is 63.7 Å². The first-order valence-electron chi connectivity index (χ1n) is 12.7. The highest BCUT2D eigenvalue weighted by atomic mass is 32.2. The van der Waals surface area contributed by atoms with Gasteiger partial charge in [0.1, 0.15) is 11.5 Å². The van der Waals surface area contributed by atoms with Gasteiger partial charge in [0, 0.05) is 45.6 Å². The molecule has 0 N–H and O–H groups in total. The lowest BCUT2D eigenvalue weighted by atomic mass is 10.1. The summed E-state index contributed by atoms with van der Waals surface area (Å²) in [5.74, 6) is 11.3. The molecule has 0 aliphatic rings. The summed E-state index contributed by atoms with van der Waals surface area (Å²) >= 11 is 8.18. The zero-order valence-electron chi connectivity index (χ0n) is 21.7.